The van der Waals surface area contributed by atoms with E-state index in [1.807, 2.05) is 0 Å². The lowest BCUT2D eigenvalue weighted by molar-refractivity contribution is 1.61. The molecule has 6 aromatic rings. The topological polar surface area (TPSA) is 0 Å². The highest BCUT2D eigenvalue weighted by Crippen LogP contribution is 2.38. The zero-order valence-electron chi connectivity index (χ0n) is 16.5. The number of hydrogen-bond acceptors (Lipinski definition) is 0. The highest BCUT2D eigenvalue weighted by Gasteiger charge is 2.11. The summed E-state index contributed by atoms with van der Waals surface area (Å²) in [5, 5.41) is 7.74. The van der Waals surface area contributed by atoms with E-state index >= 15 is 0 Å². The van der Waals surface area contributed by atoms with Crippen molar-refractivity contribution in [3.63, 3.8) is 0 Å². The molecule has 0 N–H and O–H groups in total. The average Bonchev–Trinajstić information content (AvgIpc) is 2.83. The molecular weight excluding hydrogens is 360 g/mol. The Hall–Kier alpha value is -3.90. The van der Waals surface area contributed by atoms with Crippen LogP contribution in [0.25, 0.3) is 54.6 Å². The zero-order chi connectivity index (χ0) is 19.9. The molecule has 0 fully saturated rings. The molecule has 140 valence electrons. The van der Waals surface area contributed by atoms with Gasteiger partial charge in [0.2, 0.25) is 0 Å². The minimum absolute atomic E-state index is 1.25. The highest BCUT2D eigenvalue weighted by molar-refractivity contribution is 6.13. The van der Waals surface area contributed by atoms with Gasteiger partial charge in [0.1, 0.15) is 0 Å². The van der Waals surface area contributed by atoms with Crippen molar-refractivity contribution in [2.75, 3.05) is 0 Å². The fourth-order valence-electron chi connectivity index (χ4n) is 4.52. The summed E-state index contributed by atoms with van der Waals surface area (Å²) >= 11 is 0. The van der Waals surface area contributed by atoms with Gasteiger partial charge < -0.3 is 0 Å². The van der Waals surface area contributed by atoms with Gasteiger partial charge in [-0.05, 0) is 78.8 Å². The lowest BCUT2D eigenvalue weighted by Crippen LogP contribution is -1.87. The minimum Gasteiger partial charge on any atom is -0.0622 e. The second-order valence-electron chi connectivity index (χ2n) is 7.84. The van der Waals surface area contributed by atoms with E-state index in [0.29, 0.717) is 0 Å². The number of hydrogen-bond donors (Lipinski definition) is 0. The Bertz CT molecular complexity index is 1510. The van der Waals surface area contributed by atoms with E-state index < -0.39 is 0 Å². The maximum atomic E-state index is 2.36. The molecule has 0 aliphatic rings. The molecule has 0 saturated carbocycles. The Labute approximate surface area is 176 Å². The summed E-state index contributed by atoms with van der Waals surface area (Å²) in [6.45, 7) is 0. The van der Waals surface area contributed by atoms with Gasteiger partial charge in [0.05, 0.1) is 0 Å². The van der Waals surface area contributed by atoms with Crippen LogP contribution in [0.15, 0.2) is 121 Å². The van der Waals surface area contributed by atoms with Crippen molar-refractivity contribution >= 4 is 32.3 Å². The van der Waals surface area contributed by atoms with Crippen molar-refractivity contribution in [3.8, 4) is 22.3 Å². The molecule has 0 spiro atoms. The molecule has 0 radical (unpaired) electrons. The van der Waals surface area contributed by atoms with Gasteiger partial charge in [-0.15, -0.1) is 0 Å². The predicted octanol–water partition coefficient (Wildman–Crippen LogP) is 8.48. The first-order valence-corrected chi connectivity index (χ1v) is 10.4. The van der Waals surface area contributed by atoms with Gasteiger partial charge in [-0.3, -0.25) is 0 Å². The molecule has 6 aromatic carbocycles. The monoisotopic (exact) mass is 380 g/mol. The minimum atomic E-state index is 1.25. The van der Waals surface area contributed by atoms with Crippen molar-refractivity contribution in [1.82, 2.24) is 0 Å². The van der Waals surface area contributed by atoms with Gasteiger partial charge in [-0.1, -0.05) is 97.1 Å². The number of benzene rings is 6. The van der Waals surface area contributed by atoms with Gasteiger partial charge in [0, 0.05) is 0 Å². The van der Waals surface area contributed by atoms with Crippen LogP contribution < -0.4 is 0 Å². The molecule has 6 rings (SSSR count). The summed E-state index contributed by atoms with van der Waals surface area (Å²) in [6.07, 6.45) is 0. The summed E-state index contributed by atoms with van der Waals surface area (Å²) in [7, 11) is 0. The molecule has 0 atom stereocenters. The van der Waals surface area contributed by atoms with Crippen molar-refractivity contribution in [2.45, 2.75) is 0 Å². The van der Waals surface area contributed by atoms with Gasteiger partial charge >= 0.3 is 0 Å². The van der Waals surface area contributed by atoms with E-state index in [1.165, 1.54) is 54.6 Å². The second-order valence-corrected chi connectivity index (χ2v) is 7.84. The lowest BCUT2D eigenvalue weighted by Gasteiger charge is -2.14. The molecule has 30 heavy (non-hydrogen) atoms. The fourth-order valence-corrected chi connectivity index (χ4v) is 4.52. The third-order valence-corrected chi connectivity index (χ3v) is 6.01. The summed E-state index contributed by atoms with van der Waals surface area (Å²) in [5.74, 6) is 0. The first kappa shape index (κ1) is 17.0. The Kier molecular flexibility index (Phi) is 3.89. The molecule has 0 nitrogen and oxygen atoms in total. The standard InChI is InChI=1S/C30H20/c1-3-9-21(10-4-1)28-18-25-17-24-16-15-23-13-7-8-14-27(23)30(24)20-26(25)19-29(28)22-11-5-2-6-12-22/h1-20H. The van der Waals surface area contributed by atoms with Gasteiger partial charge in [-0.25, -0.2) is 0 Å². The van der Waals surface area contributed by atoms with Crippen LogP contribution in [0, 0.1) is 0 Å². The molecule has 0 amide bonds. The SMILES string of the molecule is c1ccc(-c2cc3cc4ccc5ccccc5c4cc3cc2-c2ccccc2)cc1. The Morgan fingerprint density at radius 1 is 0.300 bits per heavy atom. The molecule has 0 aliphatic carbocycles. The predicted molar refractivity (Wildman–Crippen MR) is 130 cm³/mol. The third kappa shape index (κ3) is 2.77. The van der Waals surface area contributed by atoms with Gasteiger partial charge in [0.15, 0.2) is 0 Å². The summed E-state index contributed by atoms with van der Waals surface area (Å²) < 4.78 is 0. The van der Waals surface area contributed by atoms with E-state index in [2.05, 4.69) is 121 Å². The molecule has 0 saturated heterocycles. The van der Waals surface area contributed by atoms with E-state index in [1.54, 1.807) is 0 Å². The van der Waals surface area contributed by atoms with Crippen LogP contribution in [-0.4, -0.2) is 0 Å². The van der Waals surface area contributed by atoms with Crippen LogP contribution in [0.1, 0.15) is 0 Å². The Balaban J connectivity index is 1.71. The second kappa shape index (κ2) is 6.86. The van der Waals surface area contributed by atoms with Crippen LogP contribution >= 0.6 is 0 Å². The average molecular weight is 380 g/mol. The van der Waals surface area contributed by atoms with E-state index in [9.17, 15) is 0 Å². The van der Waals surface area contributed by atoms with Crippen molar-refractivity contribution in [3.05, 3.63) is 121 Å². The van der Waals surface area contributed by atoms with E-state index in [0.717, 1.165) is 0 Å². The lowest BCUT2D eigenvalue weighted by atomic mass is 9.90. The van der Waals surface area contributed by atoms with Crippen LogP contribution in [0.3, 0.4) is 0 Å². The molecule has 0 aliphatic heterocycles. The van der Waals surface area contributed by atoms with Gasteiger partial charge in [-0.2, -0.15) is 0 Å². The van der Waals surface area contributed by atoms with Crippen molar-refractivity contribution in [2.24, 2.45) is 0 Å². The van der Waals surface area contributed by atoms with Crippen LogP contribution in [0.4, 0.5) is 0 Å². The Morgan fingerprint density at radius 2 is 0.833 bits per heavy atom. The van der Waals surface area contributed by atoms with Gasteiger partial charge in [0.25, 0.3) is 0 Å². The smallest absolute Gasteiger partial charge is 0.00990 e. The van der Waals surface area contributed by atoms with Crippen LogP contribution in [0.2, 0.25) is 0 Å². The number of fused-ring (bicyclic) bond motifs is 4. The van der Waals surface area contributed by atoms with E-state index in [4.69, 9.17) is 0 Å². The Morgan fingerprint density at radius 3 is 1.50 bits per heavy atom. The molecule has 0 unspecified atom stereocenters. The quantitative estimate of drug-likeness (QED) is 0.209. The summed E-state index contributed by atoms with van der Waals surface area (Å²) in [4.78, 5) is 0. The number of rotatable bonds is 2. The molecule has 0 aromatic heterocycles. The zero-order valence-corrected chi connectivity index (χ0v) is 16.5. The maximum absolute atomic E-state index is 2.36. The summed E-state index contributed by atoms with van der Waals surface area (Å²) in [6, 6.07) is 43.9. The first-order valence-electron chi connectivity index (χ1n) is 10.4. The summed E-state index contributed by atoms with van der Waals surface area (Å²) in [5.41, 5.74) is 5.04. The highest BCUT2D eigenvalue weighted by atomic mass is 14.1. The van der Waals surface area contributed by atoms with Crippen molar-refractivity contribution in [1.29, 1.82) is 0 Å². The van der Waals surface area contributed by atoms with Crippen molar-refractivity contribution < 1.29 is 0 Å². The largest absolute Gasteiger partial charge is 0.0622 e. The van der Waals surface area contributed by atoms with Crippen LogP contribution in [0.5, 0.6) is 0 Å². The van der Waals surface area contributed by atoms with Crippen LogP contribution in [-0.2, 0) is 0 Å². The molecule has 0 bridgehead atoms. The maximum Gasteiger partial charge on any atom is -0.00990 e. The first-order chi connectivity index (χ1) is 14.9. The fraction of sp³-hybridized carbons (Fsp3) is 0. The third-order valence-electron chi connectivity index (χ3n) is 6.01. The normalized spacial score (nSPS) is 11.3. The molecule has 0 heteroatoms. The molecule has 0 heterocycles. The molecular formula is C30H20. The van der Waals surface area contributed by atoms with E-state index in [-0.39, 0.29) is 0 Å².